The fourth-order valence-electron chi connectivity index (χ4n) is 2.63. The van der Waals surface area contributed by atoms with Gasteiger partial charge in [0.2, 0.25) is 0 Å². The van der Waals surface area contributed by atoms with Crippen LogP contribution in [0.15, 0.2) is 30.3 Å². The molecule has 0 bridgehead atoms. The first kappa shape index (κ1) is 11.1. The lowest BCUT2D eigenvalue weighted by molar-refractivity contribution is -0.436. The molecule has 86 valence electrons. The number of rotatable bonds is 3. The molecule has 0 radical (unpaired) electrons. The lowest BCUT2D eigenvalue weighted by Gasteiger charge is -2.15. The van der Waals surface area contributed by atoms with Gasteiger partial charge < -0.3 is 10.8 Å². The van der Waals surface area contributed by atoms with E-state index in [1.54, 1.807) is 0 Å². The molecule has 3 atom stereocenters. The normalized spacial score (nSPS) is 29.2. The Morgan fingerprint density at radius 2 is 2.00 bits per heavy atom. The second-order valence-corrected chi connectivity index (χ2v) is 4.64. The van der Waals surface area contributed by atoms with Crippen molar-refractivity contribution in [2.75, 3.05) is 0 Å². The summed E-state index contributed by atoms with van der Waals surface area (Å²) < 4.78 is 0. The van der Waals surface area contributed by atoms with Crippen LogP contribution < -0.4 is 5.73 Å². The Morgan fingerprint density at radius 3 is 2.56 bits per heavy atom. The summed E-state index contributed by atoms with van der Waals surface area (Å²) in [7, 11) is 0. The summed E-state index contributed by atoms with van der Waals surface area (Å²) in [5, 5.41) is 9.03. The molecule has 1 aliphatic carbocycles. The SMILES string of the molecule is [NH3+][C@H]1[C@H](Cc2ccccc2)CC[C@@H]1C(=O)O. The number of hydrogen-bond acceptors (Lipinski definition) is 1. The number of quaternary nitrogens is 1. The average Bonchev–Trinajstić information content (AvgIpc) is 2.62. The molecule has 16 heavy (non-hydrogen) atoms. The molecular formula is C13H18NO2+. The van der Waals surface area contributed by atoms with Crippen molar-refractivity contribution in [1.29, 1.82) is 0 Å². The van der Waals surface area contributed by atoms with Gasteiger partial charge >= 0.3 is 5.97 Å². The fourth-order valence-corrected chi connectivity index (χ4v) is 2.63. The van der Waals surface area contributed by atoms with Gasteiger partial charge in [-0.3, -0.25) is 4.79 Å². The quantitative estimate of drug-likeness (QED) is 0.796. The van der Waals surface area contributed by atoms with E-state index in [4.69, 9.17) is 5.11 Å². The number of aliphatic carboxylic acids is 1. The van der Waals surface area contributed by atoms with Crippen LogP contribution >= 0.6 is 0 Å². The monoisotopic (exact) mass is 220 g/mol. The molecule has 3 nitrogen and oxygen atoms in total. The van der Waals surface area contributed by atoms with E-state index >= 15 is 0 Å². The molecule has 1 fully saturated rings. The number of benzene rings is 1. The van der Waals surface area contributed by atoms with Crippen LogP contribution in [0, 0.1) is 11.8 Å². The van der Waals surface area contributed by atoms with Crippen molar-refractivity contribution < 1.29 is 15.6 Å². The standard InChI is InChI=1S/C13H17NO2/c14-12-10(6-7-11(12)13(15)16)8-9-4-2-1-3-5-9/h1-5,10-12H,6-8,14H2,(H,15,16)/p+1/t10-,11-,12-/m0/s1. The predicted molar refractivity (Wildman–Crippen MR) is 60.7 cm³/mol. The van der Waals surface area contributed by atoms with Gasteiger partial charge in [-0.15, -0.1) is 0 Å². The third-order valence-electron chi connectivity index (χ3n) is 3.63. The lowest BCUT2D eigenvalue weighted by atomic mass is 9.92. The van der Waals surface area contributed by atoms with Crippen LogP contribution in [0.5, 0.6) is 0 Å². The van der Waals surface area contributed by atoms with Crippen molar-refractivity contribution in [1.82, 2.24) is 0 Å². The Balaban J connectivity index is 2.00. The summed E-state index contributed by atoms with van der Waals surface area (Å²) in [5.74, 6) is -0.507. The molecule has 0 unspecified atom stereocenters. The lowest BCUT2D eigenvalue weighted by Crippen LogP contribution is -2.66. The molecule has 0 aliphatic heterocycles. The van der Waals surface area contributed by atoms with Gasteiger partial charge in [0.15, 0.2) is 0 Å². The summed E-state index contributed by atoms with van der Waals surface area (Å²) >= 11 is 0. The molecule has 2 rings (SSSR count). The van der Waals surface area contributed by atoms with Gasteiger partial charge in [0, 0.05) is 5.92 Å². The summed E-state index contributed by atoms with van der Waals surface area (Å²) in [4.78, 5) is 11.0. The van der Waals surface area contributed by atoms with Crippen LogP contribution in [0.4, 0.5) is 0 Å². The first-order chi connectivity index (χ1) is 7.68. The summed E-state index contributed by atoms with van der Waals surface area (Å²) in [6.07, 6.45) is 2.72. The Hall–Kier alpha value is -1.35. The summed E-state index contributed by atoms with van der Waals surface area (Å²) in [6, 6.07) is 10.3. The van der Waals surface area contributed by atoms with Crippen molar-refractivity contribution in [3.8, 4) is 0 Å². The van der Waals surface area contributed by atoms with Crippen molar-refractivity contribution in [2.24, 2.45) is 11.8 Å². The Labute approximate surface area is 95.3 Å². The van der Waals surface area contributed by atoms with E-state index in [9.17, 15) is 4.79 Å². The molecular weight excluding hydrogens is 202 g/mol. The topological polar surface area (TPSA) is 64.9 Å². The number of carbonyl (C=O) groups is 1. The molecule has 1 aromatic rings. The third-order valence-corrected chi connectivity index (χ3v) is 3.63. The highest BCUT2D eigenvalue weighted by Gasteiger charge is 2.40. The van der Waals surface area contributed by atoms with E-state index in [0.717, 1.165) is 19.3 Å². The number of hydrogen-bond donors (Lipinski definition) is 2. The van der Waals surface area contributed by atoms with Crippen LogP contribution in [0.3, 0.4) is 0 Å². The highest BCUT2D eigenvalue weighted by molar-refractivity contribution is 5.71. The smallest absolute Gasteiger partial charge is 0.312 e. The highest BCUT2D eigenvalue weighted by atomic mass is 16.4. The van der Waals surface area contributed by atoms with Crippen LogP contribution in [0.2, 0.25) is 0 Å². The average molecular weight is 220 g/mol. The van der Waals surface area contributed by atoms with Gasteiger partial charge in [0.25, 0.3) is 0 Å². The molecule has 0 amide bonds. The van der Waals surface area contributed by atoms with E-state index < -0.39 is 5.97 Å². The van der Waals surface area contributed by atoms with E-state index in [0.29, 0.717) is 5.92 Å². The maximum Gasteiger partial charge on any atom is 0.312 e. The zero-order valence-electron chi connectivity index (χ0n) is 9.30. The molecule has 1 saturated carbocycles. The zero-order chi connectivity index (χ0) is 11.5. The van der Waals surface area contributed by atoms with Crippen molar-refractivity contribution in [2.45, 2.75) is 25.3 Å². The van der Waals surface area contributed by atoms with Gasteiger partial charge in [-0.25, -0.2) is 0 Å². The van der Waals surface area contributed by atoms with Crippen molar-refractivity contribution >= 4 is 5.97 Å². The molecule has 0 saturated heterocycles. The van der Waals surface area contributed by atoms with Gasteiger partial charge in [0.1, 0.15) is 12.0 Å². The van der Waals surface area contributed by atoms with Crippen LogP contribution in [-0.4, -0.2) is 17.1 Å². The predicted octanol–water partition coefficient (Wildman–Crippen LogP) is 0.950. The fraction of sp³-hybridized carbons (Fsp3) is 0.462. The Bertz CT molecular complexity index is 363. The zero-order valence-corrected chi connectivity index (χ0v) is 9.30. The first-order valence-electron chi connectivity index (χ1n) is 5.78. The van der Waals surface area contributed by atoms with Crippen LogP contribution in [0.1, 0.15) is 18.4 Å². The maximum atomic E-state index is 11.0. The molecule has 1 aromatic carbocycles. The van der Waals surface area contributed by atoms with Gasteiger partial charge in [-0.2, -0.15) is 0 Å². The molecule has 3 heteroatoms. The van der Waals surface area contributed by atoms with Crippen molar-refractivity contribution in [3.63, 3.8) is 0 Å². The largest absolute Gasteiger partial charge is 0.481 e. The number of carboxylic acids is 1. The van der Waals surface area contributed by atoms with Gasteiger partial charge in [-0.05, 0) is 24.8 Å². The second kappa shape index (κ2) is 4.66. The summed E-state index contributed by atoms with van der Waals surface area (Å²) in [6.45, 7) is 0. The third kappa shape index (κ3) is 2.25. The first-order valence-corrected chi connectivity index (χ1v) is 5.78. The molecule has 4 N–H and O–H groups in total. The van der Waals surface area contributed by atoms with Crippen molar-refractivity contribution in [3.05, 3.63) is 35.9 Å². The second-order valence-electron chi connectivity index (χ2n) is 4.64. The molecule has 0 aromatic heterocycles. The maximum absolute atomic E-state index is 11.0. The van der Waals surface area contributed by atoms with E-state index in [1.807, 2.05) is 18.2 Å². The minimum atomic E-state index is -0.685. The molecule has 0 heterocycles. The van der Waals surface area contributed by atoms with Gasteiger partial charge in [-0.1, -0.05) is 30.3 Å². The molecule has 1 aliphatic rings. The summed E-state index contributed by atoms with van der Waals surface area (Å²) in [5.41, 5.74) is 5.32. The van der Waals surface area contributed by atoms with Crippen LogP contribution in [0.25, 0.3) is 0 Å². The minimum Gasteiger partial charge on any atom is -0.481 e. The van der Waals surface area contributed by atoms with Gasteiger partial charge in [0.05, 0.1) is 0 Å². The Morgan fingerprint density at radius 1 is 1.31 bits per heavy atom. The minimum absolute atomic E-state index is 0.0534. The van der Waals surface area contributed by atoms with Crippen LogP contribution in [-0.2, 0) is 11.2 Å². The van der Waals surface area contributed by atoms with E-state index in [2.05, 4.69) is 17.9 Å². The van der Waals surface area contributed by atoms with E-state index in [-0.39, 0.29) is 12.0 Å². The van der Waals surface area contributed by atoms with E-state index in [1.165, 1.54) is 5.56 Å². The molecule has 0 spiro atoms. The highest BCUT2D eigenvalue weighted by Crippen LogP contribution is 2.31. The Kier molecular flexibility index (Phi) is 3.25. The number of carboxylic acid groups (broad SMARTS) is 1.